The predicted molar refractivity (Wildman–Crippen MR) is 81.3 cm³/mol. The number of imidazole rings is 1. The molecule has 3 heterocycles. The van der Waals surface area contributed by atoms with E-state index in [1.54, 1.807) is 0 Å². The fourth-order valence-corrected chi connectivity index (χ4v) is 4.21. The van der Waals surface area contributed by atoms with Gasteiger partial charge in [-0.2, -0.15) is 0 Å². The highest BCUT2D eigenvalue weighted by Crippen LogP contribution is 2.45. The van der Waals surface area contributed by atoms with Crippen molar-refractivity contribution in [2.75, 3.05) is 0 Å². The third kappa shape index (κ3) is 2.17. The molecule has 0 aromatic carbocycles. The summed E-state index contributed by atoms with van der Waals surface area (Å²) in [7, 11) is 0. The van der Waals surface area contributed by atoms with Crippen LogP contribution in [0.1, 0.15) is 56.2 Å². The lowest BCUT2D eigenvalue weighted by molar-refractivity contribution is -0.124. The maximum atomic E-state index is 12.7. The average molecular weight is 283 g/mol. The van der Waals surface area contributed by atoms with Gasteiger partial charge in [0.1, 0.15) is 5.78 Å². The first-order valence-electron chi connectivity index (χ1n) is 8.09. The highest BCUT2D eigenvalue weighted by molar-refractivity contribution is 5.82. The van der Waals surface area contributed by atoms with E-state index in [4.69, 9.17) is 0 Å². The van der Waals surface area contributed by atoms with Crippen LogP contribution in [-0.4, -0.2) is 21.5 Å². The first kappa shape index (κ1) is 13.0. The Kier molecular flexibility index (Phi) is 3.24. The summed E-state index contributed by atoms with van der Waals surface area (Å²) in [6.07, 6.45) is 16.4. The number of carbonyl (C=O) groups is 1. The van der Waals surface area contributed by atoms with Crippen molar-refractivity contribution < 1.29 is 4.79 Å². The number of hydrogen-bond acceptors (Lipinski definition) is 3. The minimum absolute atomic E-state index is 0.204. The van der Waals surface area contributed by atoms with Gasteiger partial charge >= 0.3 is 0 Å². The van der Waals surface area contributed by atoms with Crippen LogP contribution in [0.4, 0.5) is 0 Å². The van der Waals surface area contributed by atoms with E-state index in [2.05, 4.69) is 20.6 Å². The molecule has 3 atom stereocenters. The summed E-state index contributed by atoms with van der Waals surface area (Å²) in [5.41, 5.74) is 1.23. The lowest BCUT2D eigenvalue weighted by atomic mass is 9.81. The van der Waals surface area contributed by atoms with Gasteiger partial charge in [0.05, 0.1) is 12.4 Å². The summed E-state index contributed by atoms with van der Waals surface area (Å²) in [5, 5.41) is 0. The fraction of sp³-hybridized carbons (Fsp3) is 0.588. The summed E-state index contributed by atoms with van der Waals surface area (Å²) >= 11 is 0. The maximum absolute atomic E-state index is 12.7. The molecule has 0 saturated heterocycles. The zero-order valence-corrected chi connectivity index (χ0v) is 12.2. The van der Waals surface area contributed by atoms with E-state index in [1.165, 1.54) is 25.0 Å². The first-order valence-corrected chi connectivity index (χ1v) is 8.09. The third-order valence-corrected chi connectivity index (χ3v) is 5.36. The van der Waals surface area contributed by atoms with Crippen molar-refractivity contribution >= 4 is 12.0 Å². The molecule has 1 saturated carbocycles. The molecule has 0 spiro atoms. The van der Waals surface area contributed by atoms with Crippen molar-refractivity contribution in [3.05, 3.63) is 30.5 Å². The normalized spacial score (nSPS) is 31.1. The second-order valence-corrected chi connectivity index (χ2v) is 6.54. The number of rotatable bonds is 3. The van der Waals surface area contributed by atoms with E-state index in [1.807, 2.05) is 24.9 Å². The van der Waals surface area contributed by atoms with Crippen LogP contribution in [-0.2, 0) is 4.79 Å². The van der Waals surface area contributed by atoms with Crippen LogP contribution in [0.25, 0.3) is 0 Å². The van der Waals surface area contributed by atoms with Crippen molar-refractivity contribution in [1.82, 2.24) is 9.55 Å². The molecule has 1 aromatic rings. The molecule has 4 heteroatoms. The van der Waals surface area contributed by atoms with Crippen molar-refractivity contribution in [3.63, 3.8) is 0 Å². The van der Waals surface area contributed by atoms with Crippen molar-refractivity contribution in [2.24, 2.45) is 16.8 Å². The standard InChI is InChI=1S/C17H21N3O/c21-17(12-4-2-1-3-5-12)8-15-14-9-18-7-6-13(14)16-10-19-11-20(15)16/h6-7,9-15H,1-5,8H2. The molecule has 3 aliphatic rings. The Balaban J connectivity index is 1.55. The summed E-state index contributed by atoms with van der Waals surface area (Å²) in [4.78, 5) is 21.2. The largest absolute Gasteiger partial charge is 0.330 e. The van der Waals surface area contributed by atoms with E-state index >= 15 is 0 Å². The lowest BCUT2D eigenvalue weighted by Crippen LogP contribution is -2.25. The Bertz CT molecular complexity index is 595. The Labute approximate surface area is 125 Å². The lowest BCUT2D eigenvalue weighted by Gasteiger charge is -2.25. The number of carbonyl (C=O) groups excluding carboxylic acids is 1. The number of ketones is 1. The van der Waals surface area contributed by atoms with Crippen molar-refractivity contribution in [2.45, 2.75) is 50.5 Å². The molecule has 1 aliphatic carbocycles. The summed E-state index contributed by atoms with van der Waals surface area (Å²) in [6.45, 7) is 0. The second kappa shape index (κ2) is 5.24. The van der Waals surface area contributed by atoms with Crippen LogP contribution < -0.4 is 0 Å². The quantitative estimate of drug-likeness (QED) is 0.854. The molecular weight excluding hydrogens is 262 g/mol. The van der Waals surface area contributed by atoms with Gasteiger partial charge in [0.2, 0.25) is 0 Å². The van der Waals surface area contributed by atoms with E-state index in [-0.39, 0.29) is 6.04 Å². The average Bonchev–Trinajstić information content (AvgIpc) is 3.11. The van der Waals surface area contributed by atoms with Crippen molar-refractivity contribution in [1.29, 1.82) is 0 Å². The van der Waals surface area contributed by atoms with Gasteiger partial charge in [0, 0.05) is 48.5 Å². The van der Waals surface area contributed by atoms with Gasteiger partial charge in [-0.1, -0.05) is 25.3 Å². The van der Waals surface area contributed by atoms with Gasteiger partial charge in [0.15, 0.2) is 0 Å². The Morgan fingerprint density at radius 2 is 2.14 bits per heavy atom. The molecule has 1 aromatic heterocycles. The van der Waals surface area contributed by atoms with Gasteiger partial charge < -0.3 is 4.57 Å². The molecule has 3 unspecified atom stereocenters. The molecule has 0 radical (unpaired) electrons. The van der Waals surface area contributed by atoms with E-state index in [0.717, 1.165) is 12.8 Å². The Morgan fingerprint density at radius 1 is 1.29 bits per heavy atom. The van der Waals surface area contributed by atoms with Crippen LogP contribution in [0.3, 0.4) is 0 Å². The first-order chi connectivity index (χ1) is 10.3. The van der Waals surface area contributed by atoms with Crippen LogP contribution in [0.15, 0.2) is 29.8 Å². The highest BCUT2D eigenvalue weighted by atomic mass is 16.1. The Morgan fingerprint density at radius 3 is 3.00 bits per heavy atom. The zero-order valence-electron chi connectivity index (χ0n) is 12.2. The van der Waals surface area contributed by atoms with E-state index in [9.17, 15) is 4.79 Å². The fourth-order valence-electron chi connectivity index (χ4n) is 4.21. The summed E-state index contributed by atoms with van der Waals surface area (Å²) in [5.74, 6) is 1.40. The molecule has 1 fully saturated rings. The number of aromatic nitrogens is 2. The van der Waals surface area contributed by atoms with E-state index in [0.29, 0.717) is 30.0 Å². The smallest absolute Gasteiger partial charge is 0.138 e. The van der Waals surface area contributed by atoms with Crippen molar-refractivity contribution in [3.8, 4) is 0 Å². The summed E-state index contributed by atoms with van der Waals surface area (Å²) in [6, 6.07) is 0.204. The van der Waals surface area contributed by atoms with Crippen LogP contribution in [0.2, 0.25) is 0 Å². The van der Waals surface area contributed by atoms with Gasteiger partial charge in [-0.25, -0.2) is 4.98 Å². The number of nitrogens with zero attached hydrogens (tertiary/aromatic N) is 3. The van der Waals surface area contributed by atoms with Crippen LogP contribution in [0, 0.1) is 11.8 Å². The SMILES string of the molecule is O=C(CC1C2C=NC=CC2c2cncn21)C1CCCCC1. The monoisotopic (exact) mass is 283 g/mol. The number of Topliss-reactive ketones (excluding diaryl/α,β-unsaturated/α-hetero) is 1. The van der Waals surface area contributed by atoms with E-state index < -0.39 is 0 Å². The molecule has 0 amide bonds. The van der Waals surface area contributed by atoms with Crippen LogP contribution in [0.5, 0.6) is 0 Å². The molecule has 4 rings (SSSR count). The minimum Gasteiger partial charge on any atom is -0.330 e. The number of aliphatic imine (C=N–C) groups is 1. The molecule has 0 bridgehead atoms. The maximum Gasteiger partial charge on any atom is 0.138 e. The third-order valence-electron chi connectivity index (χ3n) is 5.36. The number of fused-ring (bicyclic) bond motifs is 3. The predicted octanol–water partition coefficient (Wildman–Crippen LogP) is 3.28. The Hall–Kier alpha value is -1.71. The molecule has 2 aliphatic heterocycles. The molecular formula is C17H21N3O. The number of allylic oxidation sites excluding steroid dienone is 1. The van der Waals surface area contributed by atoms with Gasteiger partial charge in [0.25, 0.3) is 0 Å². The zero-order chi connectivity index (χ0) is 14.2. The van der Waals surface area contributed by atoms with Crippen LogP contribution >= 0.6 is 0 Å². The topological polar surface area (TPSA) is 47.2 Å². The summed E-state index contributed by atoms with van der Waals surface area (Å²) < 4.78 is 2.21. The van der Waals surface area contributed by atoms with Gasteiger partial charge in [-0.15, -0.1) is 0 Å². The minimum atomic E-state index is 0.204. The van der Waals surface area contributed by atoms with Gasteiger partial charge in [-0.05, 0) is 12.8 Å². The second-order valence-electron chi connectivity index (χ2n) is 6.54. The highest BCUT2D eigenvalue weighted by Gasteiger charge is 2.41. The molecule has 21 heavy (non-hydrogen) atoms. The molecule has 0 N–H and O–H groups in total. The molecule has 4 nitrogen and oxygen atoms in total. The number of hydrogen-bond donors (Lipinski definition) is 0. The van der Waals surface area contributed by atoms with Gasteiger partial charge in [-0.3, -0.25) is 9.79 Å². The molecule has 110 valence electrons.